The molecule has 0 atom stereocenters. The van der Waals surface area contributed by atoms with Crippen LogP contribution in [-0.2, 0) is 10.0 Å². The van der Waals surface area contributed by atoms with E-state index in [1.165, 1.54) is 35.5 Å². The average molecular weight is 283 g/mol. The van der Waals surface area contributed by atoms with Gasteiger partial charge >= 0.3 is 0 Å². The normalized spacial score (nSPS) is 11.4. The van der Waals surface area contributed by atoms with Crippen LogP contribution in [0.4, 0.5) is 5.69 Å². The van der Waals surface area contributed by atoms with Crippen molar-refractivity contribution in [1.82, 2.24) is 10.2 Å². The standard InChI is InChI=1S/C11H13N3O2S2/c1-14(10-5-3-4-6-11(10)17-2)18(15,16)9-7-12-13-8-9/h3-8H,1-2H3,(H,12,13). The van der Waals surface area contributed by atoms with Crippen molar-refractivity contribution in [3.8, 4) is 0 Å². The number of hydrogen-bond donors (Lipinski definition) is 1. The molecule has 0 aliphatic rings. The summed E-state index contributed by atoms with van der Waals surface area (Å²) >= 11 is 1.51. The average Bonchev–Trinajstić information content (AvgIpc) is 2.92. The highest BCUT2D eigenvalue weighted by atomic mass is 32.2. The predicted molar refractivity (Wildman–Crippen MR) is 72.4 cm³/mol. The van der Waals surface area contributed by atoms with Gasteiger partial charge in [-0.15, -0.1) is 11.8 Å². The minimum atomic E-state index is -3.56. The van der Waals surface area contributed by atoms with Crippen LogP contribution in [0.5, 0.6) is 0 Å². The van der Waals surface area contributed by atoms with Crippen LogP contribution in [0.3, 0.4) is 0 Å². The molecule has 0 aliphatic heterocycles. The fourth-order valence-corrected chi connectivity index (χ4v) is 3.37. The third kappa shape index (κ3) is 2.23. The first kappa shape index (κ1) is 13.0. The number of aromatic amines is 1. The summed E-state index contributed by atoms with van der Waals surface area (Å²) in [6.07, 6.45) is 4.58. The number of aromatic nitrogens is 2. The van der Waals surface area contributed by atoms with Crippen LogP contribution in [0, 0.1) is 0 Å². The Bertz CT molecular complexity index is 623. The maximum Gasteiger partial charge on any atom is 0.267 e. The number of nitrogens with one attached hydrogen (secondary N) is 1. The van der Waals surface area contributed by atoms with Crippen molar-refractivity contribution in [2.45, 2.75) is 9.79 Å². The Balaban J connectivity index is 2.46. The van der Waals surface area contributed by atoms with Gasteiger partial charge in [0, 0.05) is 18.1 Å². The third-order valence-corrected chi connectivity index (χ3v) is 5.08. The largest absolute Gasteiger partial charge is 0.284 e. The molecule has 7 heteroatoms. The van der Waals surface area contributed by atoms with E-state index < -0.39 is 10.0 Å². The summed E-state index contributed by atoms with van der Waals surface area (Å²) in [6.45, 7) is 0. The number of para-hydroxylation sites is 1. The Kier molecular flexibility index (Phi) is 3.63. The number of hydrogen-bond acceptors (Lipinski definition) is 4. The summed E-state index contributed by atoms with van der Waals surface area (Å²) in [5.41, 5.74) is 0.659. The van der Waals surface area contributed by atoms with Gasteiger partial charge in [0.05, 0.1) is 11.9 Å². The van der Waals surface area contributed by atoms with Crippen LogP contribution < -0.4 is 4.31 Å². The summed E-state index contributed by atoms with van der Waals surface area (Å²) in [7, 11) is -2.02. The molecule has 0 saturated carbocycles. The van der Waals surface area contributed by atoms with Crippen molar-refractivity contribution in [2.24, 2.45) is 0 Å². The number of rotatable bonds is 4. The summed E-state index contributed by atoms with van der Waals surface area (Å²) < 4.78 is 25.9. The SMILES string of the molecule is CSc1ccccc1N(C)S(=O)(=O)c1cn[nH]c1. The van der Waals surface area contributed by atoms with E-state index in [0.717, 1.165) is 4.90 Å². The molecule has 2 rings (SSSR count). The van der Waals surface area contributed by atoms with Gasteiger partial charge < -0.3 is 0 Å². The van der Waals surface area contributed by atoms with E-state index >= 15 is 0 Å². The van der Waals surface area contributed by atoms with Crippen molar-refractivity contribution in [2.75, 3.05) is 17.6 Å². The van der Waals surface area contributed by atoms with Gasteiger partial charge in [0.1, 0.15) is 4.90 Å². The van der Waals surface area contributed by atoms with E-state index in [4.69, 9.17) is 0 Å². The molecule has 1 heterocycles. The third-order valence-electron chi connectivity index (χ3n) is 2.56. The van der Waals surface area contributed by atoms with Crippen molar-refractivity contribution >= 4 is 27.5 Å². The number of sulfonamides is 1. The molecule has 1 N–H and O–H groups in total. The Hall–Kier alpha value is -1.47. The Morgan fingerprint density at radius 3 is 2.67 bits per heavy atom. The minimum Gasteiger partial charge on any atom is -0.284 e. The summed E-state index contributed by atoms with van der Waals surface area (Å²) in [4.78, 5) is 1.06. The molecule has 0 saturated heterocycles. The minimum absolute atomic E-state index is 0.154. The van der Waals surface area contributed by atoms with Crippen LogP contribution in [0.2, 0.25) is 0 Å². The van der Waals surface area contributed by atoms with Crippen LogP contribution in [0.25, 0.3) is 0 Å². The zero-order valence-corrected chi connectivity index (χ0v) is 11.6. The number of anilines is 1. The highest BCUT2D eigenvalue weighted by Gasteiger charge is 2.23. The summed E-state index contributed by atoms with van der Waals surface area (Å²) in [6, 6.07) is 7.37. The molecule has 0 aliphatic carbocycles. The monoisotopic (exact) mass is 283 g/mol. The lowest BCUT2D eigenvalue weighted by Gasteiger charge is -2.20. The van der Waals surface area contributed by atoms with Crippen molar-refractivity contribution in [3.63, 3.8) is 0 Å². The van der Waals surface area contributed by atoms with E-state index in [1.807, 2.05) is 24.5 Å². The highest BCUT2D eigenvalue weighted by molar-refractivity contribution is 7.99. The maximum absolute atomic E-state index is 12.3. The number of thioether (sulfide) groups is 1. The second kappa shape index (κ2) is 5.03. The Labute approximate surface area is 110 Å². The van der Waals surface area contributed by atoms with Crippen LogP contribution in [-0.4, -0.2) is 31.9 Å². The molecule has 0 spiro atoms. The smallest absolute Gasteiger partial charge is 0.267 e. The van der Waals surface area contributed by atoms with Crippen LogP contribution in [0.15, 0.2) is 46.5 Å². The van der Waals surface area contributed by atoms with E-state index in [1.54, 1.807) is 6.07 Å². The Morgan fingerprint density at radius 1 is 1.33 bits per heavy atom. The van der Waals surface area contributed by atoms with Gasteiger partial charge in [-0.3, -0.25) is 9.40 Å². The second-order valence-electron chi connectivity index (χ2n) is 3.58. The van der Waals surface area contributed by atoms with E-state index in [0.29, 0.717) is 5.69 Å². The van der Waals surface area contributed by atoms with Gasteiger partial charge in [-0.05, 0) is 18.4 Å². The fourth-order valence-electron chi connectivity index (χ4n) is 1.56. The van der Waals surface area contributed by atoms with Gasteiger partial charge in [-0.1, -0.05) is 12.1 Å². The molecular formula is C11H13N3O2S2. The van der Waals surface area contributed by atoms with Crippen molar-refractivity contribution in [3.05, 3.63) is 36.7 Å². The van der Waals surface area contributed by atoms with Crippen LogP contribution >= 0.6 is 11.8 Å². The molecule has 5 nitrogen and oxygen atoms in total. The van der Waals surface area contributed by atoms with E-state index in [9.17, 15) is 8.42 Å². The molecular weight excluding hydrogens is 270 g/mol. The van der Waals surface area contributed by atoms with Crippen LogP contribution in [0.1, 0.15) is 0 Å². The van der Waals surface area contributed by atoms with Gasteiger partial charge in [-0.25, -0.2) is 8.42 Å². The summed E-state index contributed by atoms with van der Waals surface area (Å²) in [5.74, 6) is 0. The quantitative estimate of drug-likeness (QED) is 0.871. The fraction of sp³-hybridized carbons (Fsp3) is 0.182. The molecule has 1 aromatic heterocycles. The first-order valence-corrected chi connectivity index (χ1v) is 7.84. The predicted octanol–water partition coefficient (Wildman–Crippen LogP) is 1.96. The van der Waals surface area contributed by atoms with Gasteiger partial charge in [0.25, 0.3) is 10.0 Å². The molecule has 2 aromatic rings. The Morgan fingerprint density at radius 2 is 2.06 bits per heavy atom. The topological polar surface area (TPSA) is 66.1 Å². The number of nitrogens with zero attached hydrogens (tertiary/aromatic N) is 2. The highest BCUT2D eigenvalue weighted by Crippen LogP contribution is 2.30. The zero-order chi connectivity index (χ0) is 13.2. The molecule has 0 fully saturated rings. The zero-order valence-electron chi connectivity index (χ0n) is 9.99. The molecule has 0 bridgehead atoms. The molecule has 18 heavy (non-hydrogen) atoms. The van der Waals surface area contributed by atoms with E-state index in [-0.39, 0.29) is 4.90 Å². The van der Waals surface area contributed by atoms with Gasteiger partial charge in [0.2, 0.25) is 0 Å². The van der Waals surface area contributed by atoms with Crippen molar-refractivity contribution < 1.29 is 8.42 Å². The van der Waals surface area contributed by atoms with Crippen molar-refractivity contribution in [1.29, 1.82) is 0 Å². The second-order valence-corrected chi connectivity index (χ2v) is 6.40. The lowest BCUT2D eigenvalue weighted by Crippen LogP contribution is -2.26. The number of benzene rings is 1. The summed E-state index contributed by atoms with van der Waals surface area (Å²) in [5, 5.41) is 6.18. The molecule has 0 radical (unpaired) electrons. The molecule has 96 valence electrons. The van der Waals surface area contributed by atoms with Gasteiger partial charge in [-0.2, -0.15) is 5.10 Å². The molecule has 0 unspecified atom stereocenters. The maximum atomic E-state index is 12.3. The number of H-pyrrole nitrogens is 1. The van der Waals surface area contributed by atoms with Gasteiger partial charge in [0.15, 0.2) is 0 Å². The van der Waals surface area contributed by atoms with E-state index in [2.05, 4.69) is 10.2 Å². The molecule has 1 aromatic carbocycles. The lowest BCUT2D eigenvalue weighted by atomic mass is 10.3. The lowest BCUT2D eigenvalue weighted by molar-refractivity contribution is 0.594. The first-order chi connectivity index (χ1) is 8.57. The molecule has 0 amide bonds. The first-order valence-electron chi connectivity index (χ1n) is 5.18.